The molecule has 0 spiro atoms. The Kier molecular flexibility index (Phi) is 7.63. The lowest BCUT2D eigenvalue weighted by atomic mass is 10.1. The lowest BCUT2D eigenvalue weighted by molar-refractivity contribution is -0.124. The Bertz CT molecular complexity index is 1110. The van der Waals surface area contributed by atoms with Gasteiger partial charge in [-0.1, -0.05) is 18.2 Å². The first kappa shape index (κ1) is 24.5. The second kappa shape index (κ2) is 11.2. The van der Waals surface area contributed by atoms with E-state index < -0.39 is 6.04 Å². The van der Waals surface area contributed by atoms with Crippen LogP contribution in [-0.2, 0) is 27.5 Å². The van der Waals surface area contributed by atoms with Gasteiger partial charge in [0.15, 0.2) is 5.78 Å². The van der Waals surface area contributed by atoms with Gasteiger partial charge in [-0.25, -0.2) is 0 Å². The highest BCUT2D eigenvalue weighted by molar-refractivity contribution is 6.02. The third-order valence-corrected chi connectivity index (χ3v) is 7.15. The van der Waals surface area contributed by atoms with E-state index in [4.69, 9.17) is 14.2 Å². The van der Waals surface area contributed by atoms with Gasteiger partial charge in [0.05, 0.1) is 25.8 Å². The van der Waals surface area contributed by atoms with Crippen LogP contribution in [0, 0.1) is 0 Å². The third kappa shape index (κ3) is 5.60. The fourth-order valence-corrected chi connectivity index (χ4v) is 5.02. The van der Waals surface area contributed by atoms with Gasteiger partial charge < -0.3 is 19.1 Å². The van der Waals surface area contributed by atoms with Crippen molar-refractivity contribution in [2.75, 3.05) is 39.5 Å². The largest absolute Gasteiger partial charge is 0.492 e. The molecule has 1 saturated heterocycles. The first-order valence-corrected chi connectivity index (χ1v) is 12.7. The molecule has 0 bridgehead atoms. The van der Waals surface area contributed by atoms with Crippen LogP contribution in [-0.4, -0.2) is 72.8 Å². The summed E-state index contributed by atoms with van der Waals surface area (Å²) in [6, 6.07) is 12.7. The summed E-state index contributed by atoms with van der Waals surface area (Å²) in [5, 5.41) is 0. The minimum Gasteiger partial charge on any atom is -0.492 e. The van der Waals surface area contributed by atoms with E-state index in [-0.39, 0.29) is 30.3 Å². The van der Waals surface area contributed by atoms with Gasteiger partial charge in [0.25, 0.3) is 5.91 Å². The molecule has 1 amide bonds. The average molecular weight is 493 g/mol. The van der Waals surface area contributed by atoms with Crippen LogP contribution in [0.15, 0.2) is 42.5 Å². The maximum Gasteiger partial charge on any atom is 0.255 e. The summed E-state index contributed by atoms with van der Waals surface area (Å²) in [4.78, 5) is 41.5. The van der Waals surface area contributed by atoms with Crippen LogP contribution in [0.1, 0.15) is 47.2 Å². The molecule has 1 atom stereocenters. The molecule has 2 aromatic rings. The van der Waals surface area contributed by atoms with Crippen LogP contribution >= 0.6 is 0 Å². The molecule has 2 heterocycles. The number of fused-ring (bicyclic) bond motifs is 1. The summed E-state index contributed by atoms with van der Waals surface area (Å²) in [6.07, 6.45) is 1.22. The molecule has 0 radical (unpaired) electrons. The van der Waals surface area contributed by atoms with Gasteiger partial charge >= 0.3 is 0 Å². The number of nitrogens with zero attached hydrogens (tertiary/aromatic N) is 2. The highest BCUT2D eigenvalue weighted by Gasteiger charge is 2.38. The zero-order valence-electron chi connectivity index (χ0n) is 20.4. The quantitative estimate of drug-likeness (QED) is 0.524. The predicted molar refractivity (Wildman–Crippen MR) is 132 cm³/mol. The van der Waals surface area contributed by atoms with Crippen LogP contribution in [0.3, 0.4) is 0 Å². The minimum absolute atomic E-state index is 0.0308. The number of ether oxygens (including phenoxy) is 3. The second-order valence-electron chi connectivity index (χ2n) is 9.51. The number of carbonyl (C=O) groups is 3. The zero-order chi connectivity index (χ0) is 24.9. The first-order valence-electron chi connectivity index (χ1n) is 12.7. The van der Waals surface area contributed by atoms with Gasteiger partial charge in [-0.15, -0.1) is 0 Å². The van der Waals surface area contributed by atoms with E-state index in [2.05, 4.69) is 4.90 Å². The zero-order valence-corrected chi connectivity index (χ0v) is 20.4. The fraction of sp³-hybridized carbons (Fsp3) is 0.464. The van der Waals surface area contributed by atoms with Gasteiger partial charge in [0, 0.05) is 50.0 Å². The average Bonchev–Trinajstić information content (AvgIpc) is 3.14. The Labute approximate surface area is 211 Å². The van der Waals surface area contributed by atoms with Crippen LogP contribution in [0.25, 0.3) is 0 Å². The molecular weight excluding hydrogens is 460 g/mol. The van der Waals surface area contributed by atoms with Crippen molar-refractivity contribution in [2.45, 2.75) is 44.9 Å². The van der Waals surface area contributed by atoms with Gasteiger partial charge in [0.2, 0.25) is 0 Å². The molecule has 0 aromatic heterocycles. The Morgan fingerprint density at radius 1 is 0.917 bits per heavy atom. The number of amides is 1. The van der Waals surface area contributed by atoms with Crippen molar-refractivity contribution in [3.63, 3.8) is 0 Å². The van der Waals surface area contributed by atoms with Crippen molar-refractivity contribution in [1.82, 2.24) is 9.80 Å². The van der Waals surface area contributed by atoms with Crippen LogP contribution in [0.2, 0.25) is 0 Å². The van der Waals surface area contributed by atoms with Crippen LogP contribution in [0.5, 0.6) is 11.5 Å². The maximum absolute atomic E-state index is 13.1. The van der Waals surface area contributed by atoms with Crippen molar-refractivity contribution >= 4 is 17.5 Å². The van der Waals surface area contributed by atoms with Gasteiger partial charge in [-0.2, -0.15) is 0 Å². The summed E-state index contributed by atoms with van der Waals surface area (Å²) >= 11 is 0. The summed E-state index contributed by atoms with van der Waals surface area (Å²) in [6.45, 7) is 5.66. The van der Waals surface area contributed by atoms with Gasteiger partial charge in [-0.3, -0.25) is 19.3 Å². The van der Waals surface area contributed by atoms with E-state index >= 15 is 0 Å². The molecule has 2 aliphatic heterocycles. The number of morpholine rings is 1. The molecule has 36 heavy (non-hydrogen) atoms. The Morgan fingerprint density at radius 3 is 2.53 bits per heavy atom. The number of hydrogen-bond acceptors (Lipinski definition) is 7. The molecule has 190 valence electrons. The molecule has 8 nitrogen and oxygen atoms in total. The normalized spacial score (nSPS) is 20.8. The Morgan fingerprint density at radius 2 is 1.72 bits per heavy atom. The SMILES string of the molecule is O=C1CCC(=O)C(N2Cc3c(OCc4ccc(OCCN5CCOCC5)cc4)cccc3C2=O)CC1. The summed E-state index contributed by atoms with van der Waals surface area (Å²) < 4.78 is 17.4. The van der Waals surface area contributed by atoms with Crippen molar-refractivity contribution < 1.29 is 28.6 Å². The third-order valence-electron chi connectivity index (χ3n) is 7.15. The predicted octanol–water partition coefficient (Wildman–Crippen LogP) is 3.01. The summed E-state index contributed by atoms with van der Waals surface area (Å²) in [7, 11) is 0. The number of Topliss-reactive ketones (excluding diaryl/α,β-unsaturated/α-hetero) is 2. The van der Waals surface area contributed by atoms with E-state index in [1.54, 1.807) is 17.0 Å². The van der Waals surface area contributed by atoms with E-state index in [0.29, 0.717) is 43.9 Å². The standard InChI is InChI=1S/C28H32N2O6/c31-21-6-10-25(26(32)11-7-21)30-18-24-23(28(30)33)2-1-3-27(24)36-19-20-4-8-22(9-5-20)35-17-14-29-12-15-34-16-13-29/h1-5,8-9,25H,6-7,10-19H2. The number of carbonyl (C=O) groups excluding carboxylic acids is 3. The molecule has 1 saturated carbocycles. The molecule has 2 fully saturated rings. The van der Waals surface area contributed by atoms with Crippen molar-refractivity contribution in [2.24, 2.45) is 0 Å². The highest BCUT2D eigenvalue weighted by Crippen LogP contribution is 2.34. The summed E-state index contributed by atoms with van der Waals surface area (Å²) in [5.41, 5.74) is 2.36. The lowest BCUT2D eigenvalue weighted by Crippen LogP contribution is -2.40. The Hall–Kier alpha value is -3.23. The first-order chi connectivity index (χ1) is 17.6. The lowest BCUT2D eigenvalue weighted by Gasteiger charge is -2.26. The van der Waals surface area contributed by atoms with Crippen molar-refractivity contribution in [3.8, 4) is 11.5 Å². The molecule has 2 aromatic carbocycles. The van der Waals surface area contributed by atoms with E-state index in [0.717, 1.165) is 49.7 Å². The monoisotopic (exact) mass is 492 g/mol. The van der Waals surface area contributed by atoms with Crippen molar-refractivity contribution in [3.05, 3.63) is 59.2 Å². The van der Waals surface area contributed by atoms with Gasteiger partial charge in [-0.05, 0) is 36.2 Å². The molecule has 1 aliphatic carbocycles. The molecular formula is C28H32N2O6. The minimum atomic E-state index is -0.542. The fourth-order valence-electron chi connectivity index (χ4n) is 5.02. The van der Waals surface area contributed by atoms with Gasteiger partial charge in [0.1, 0.15) is 30.5 Å². The van der Waals surface area contributed by atoms with E-state index in [1.807, 2.05) is 30.3 Å². The number of rotatable bonds is 8. The molecule has 8 heteroatoms. The molecule has 3 aliphatic rings. The smallest absolute Gasteiger partial charge is 0.255 e. The molecule has 5 rings (SSSR count). The number of benzene rings is 2. The van der Waals surface area contributed by atoms with E-state index in [1.165, 1.54) is 0 Å². The highest BCUT2D eigenvalue weighted by atomic mass is 16.5. The van der Waals surface area contributed by atoms with E-state index in [9.17, 15) is 14.4 Å². The number of ketones is 2. The number of hydrogen-bond donors (Lipinski definition) is 0. The maximum atomic E-state index is 13.1. The molecule has 1 unspecified atom stereocenters. The summed E-state index contributed by atoms with van der Waals surface area (Å²) in [5.74, 6) is 1.36. The molecule has 0 N–H and O–H groups in total. The second-order valence-corrected chi connectivity index (χ2v) is 9.51. The topological polar surface area (TPSA) is 85.4 Å². The van der Waals surface area contributed by atoms with Crippen molar-refractivity contribution in [1.29, 1.82) is 0 Å². The van der Waals surface area contributed by atoms with Crippen LogP contribution < -0.4 is 9.47 Å². The van der Waals surface area contributed by atoms with Crippen LogP contribution in [0.4, 0.5) is 0 Å². The Balaban J connectivity index is 1.17.